The number of hydrogen-bond acceptors (Lipinski definition) is 4. The lowest BCUT2D eigenvalue weighted by atomic mass is 10.0. The van der Waals surface area contributed by atoms with Crippen LogP contribution in [-0.4, -0.2) is 23.8 Å². The molecule has 1 aromatic carbocycles. The Morgan fingerprint density at radius 3 is 2.30 bits per heavy atom. The fraction of sp³-hybridized carbons (Fsp3) is 0.533. The van der Waals surface area contributed by atoms with E-state index in [1.807, 2.05) is 12.1 Å². The lowest BCUT2D eigenvalue weighted by Gasteiger charge is -2.15. The standard InChI is InChI=1S/C15H23N3O2/c1-5-10(6-2)9-18-12-8-14(20-4)13(19-3)7-11(12)17-15(18)16/h7-8,10H,5-6,9H2,1-4H3,(H2,16,17). The van der Waals surface area contributed by atoms with Gasteiger partial charge in [-0.15, -0.1) is 0 Å². The Balaban J connectivity index is 2.51. The van der Waals surface area contributed by atoms with E-state index in [9.17, 15) is 0 Å². The van der Waals surface area contributed by atoms with Gasteiger partial charge in [0.15, 0.2) is 11.5 Å². The molecule has 5 nitrogen and oxygen atoms in total. The van der Waals surface area contributed by atoms with Gasteiger partial charge in [0.2, 0.25) is 5.95 Å². The van der Waals surface area contributed by atoms with Crippen LogP contribution in [0.5, 0.6) is 11.5 Å². The van der Waals surface area contributed by atoms with Crippen molar-refractivity contribution in [3.05, 3.63) is 12.1 Å². The molecule has 0 bridgehead atoms. The highest BCUT2D eigenvalue weighted by Crippen LogP contribution is 2.33. The maximum absolute atomic E-state index is 6.06. The first-order chi connectivity index (χ1) is 9.64. The van der Waals surface area contributed by atoms with Gasteiger partial charge in [-0.05, 0) is 5.92 Å². The van der Waals surface area contributed by atoms with Crippen LogP contribution in [0, 0.1) is 5.92 Å². The molecule has 0 atom stereocenters. The zero-order chi connectivity index (χ0) is 14.7. The Labute approximate surface area is 119 Å². The smallest absolute Gasteiger partial charge is 0.201 e. The Bertz CT molecular complexity index is 588. The van der Waals surface area contributed by atoms with Gasteiger partial charge in [-0.25, -0.2) is 4.98 Å². The van der Waals surface area contributed by atoms with Gasteiger partial charge in [-0.3, -0.25) is 0 Å². The van der Waals surface area contributed by atoms with Crippen molar-refractivity contribution in [2.24, 2.45) is 5.92 Å². The van der Waals surface area contributed by atoms with Crippen LogP contribution in [-0.2, 0) is 6.54 Å². The van der Waals surface area contributed by atoms with Crippen molar-refractivity contribution in [3.8, 4) is 11.5 Å². The van der Waals surface area contributed by atoms with Crippen molar-refractivity contribution >= 4 is 17.0 Å². The maximum atomic E-state index is 6.06. The third-order valence-electron chi connectivity index (χ3n) is 3.88. The summed E-state index contributed by atoms with van der Waals surface area (Å²) in [7, 11) is 3.25. The highest BCUT2D eigenvalue weighted by molar-refractivity contribution is 5.82. The second-order valence-corrected chi connectivity index (χ2v) is 4.96. The van der Waals surface area contributed by atoms with E-state index in [-0.39, 0.29) is 0 Å². The molecule has 0 unspecified atom stereocenters. The number of fused-ring (bicyclic) bond motifs is 1. The fourth-order valence-corrected chi connectivity index (χ4v) is 2.47. The molecule has 20 heavy (non-hydrogen) atoms. The van der Waals surface area contributed by atoms with Gasteiger partial charge in [-0.2, -0.15) is 0 Å². The number of rotatable bonds is 6. The minimum Gasteiger partial charge on any atom is -0.493 e. The number of anilines is 1. The number of aromatic nitrogens is 2. The first kappa shape index (κ1) is 14.5. The molecule has 2 N–H and O–H groups in total. The van der Waals surface area contributed by atoms with E-state index in [1.165, 1.54) is 0 Å². The molecule has 5 heteroatoms. The van der Waals surface area contributed by atoms with Crippen LogP contribution >= 0.6 is 0 Å². The summed E-state index contributed by atoms with van der Waals surface area (Å²) in [5.74, 6) is 2.52. The zero-order valence-electron chi connectivity index (χ0n) is 12.6. The van der Waals surface area contributed by atoms with Gasteiger partial charge in [-0.1, -0.05) is 26.7 Å². The zero-order valence-corrected chi connectivity index (χ0v) is 12.6. The first-order valence-corrected chi connectivity index (χ1v) is 7.02. The monoisotopic (exact) mass is 277 g/mol. The largest absolute Gasteiger partial charge is 0.493 e. The van der Waals surface area contributed by atoms with Gasteiger partial charge >= 0.3 is 0 Å². The van der Waals surface area contributed by atoms with E-state index in [1.54, 1.807) is 14.2 Å². The number of imidazole rings is 1. The minimum atomic E-state index is 0.544. The number of nitrogens with two attached hydrogens (primary N) is 1. The van der Waals surface area contributed by atoms with E-state index < -0.39 is 0 Å². The summed E-state index contributed by atoms with van der Waals surface area (Å²) in [4.78, 5) is 4.42. The predicted octanol–water partition coefficient (Wildman–Crippen LogP) is 3.07. The third-order valence-corrected chi connectivity index (χ3v) is 3.88. The van der Waals surface area contributed by atoms with Gasteiger partial charge < -0.3 is 19.8 Å². The fourth-order valence-electron chi connectivity index (χ4n) is 2.47. The minimum absolute atomic E-state index is 0.544. The molecule has 0 aliphatic carbocycles. The summed E-state index contributed by atoms with van der Waals surface area (Å²) in [5.41, 5.74) is 7.90. The molecule has 2 rings (SSSR count). The summed E-state index contributed by atoms with van der Waals surface area (Å²) < 4.78 is 12.7. The second-order valence-electron chi connectivity index (χ2n) is 4.96. The van der Waals surface area contributed by atoms with Crippen LogP contribution in [0.1, 0.15) is 26.7 Å². The lowest BCUT2D eigenvalue weighted by Crippen LogP contribution is -2.11. The average molecular weight is 277 g/mol. The van der Waals surface area contributed by atoms with Crippen LogP contribution in [0.15, 0.2) is 12.1 Å². The normalized spacial score (nSPS) is 11.2. The van der Waals surface area contributed by atoms with E-state index in [2.05, 4.69) is 23.4 Å². The molecular formula is C15H23N3O2. The van der Waals surface area contributed by atoms with E-state index in [0.717, 1.165) is 30.4 Å². The molecule has 0 aliphatic rings. The number of ether oxygens (including phenoxy) is 2. The van der Waals surface area contributed by atoms with E-state index in [0.29, 0.717) is 23.4 Å². The first-order valence-electron chi connectivity index (χ1n) is 7.02. The summed E-state index contributed by atoms with van der Waals surface area (Å²) in [6.45, 7) is 5.28. The predicted molar refractivity (Wildman–Crippen MR) is 81.3 cm³/mol. The van der Waals surface area contributed by atoms with Gasteiger partial charge in [0.1, 0.15) is 0 Å². The van der Waals surface area contributed by atoms with E-state index >= 15 is 0 Å². The number of nitrogen functional groups attached to an aromatic ring is 1. The molecule has 2 aromatic rings. The Morgan fingerprint density at radius 2 is 1.75 bits per heavy atom. The Hall–Kier alpha value is -1.91. The second kappa shape index (κ2) is 6.03. The number of methoxy groups -OCH3 is 2. The molecule has 0 amide bonds. The summed E-state index contributed by atoms with van der Waals surface area (Å²) in [6.07, 6.45) is 2.26. The Morgan fingerprint density at radius 1 is 1.15 bits per heavy atom. The van der Waals surface area contributed by atoms with Crippen molar-refractivity contribution in [1.29, 1.82) is 0 Å². The van der Waals surface area contributed by atoms with Gasteiger partial charge in [0.05, 0.1) is 25.3 Å². The molecule has 0 saturated carbocycles. The topological polar surface area (TPSA) is 62.3 Å². The molecule has 0 fully saturated rings. The quantitative estimate of drug-likeness (QED) is 0.881. The summed E-state index contributed by atoms with van der Waals surface area (Å²) in [6, 6.07) is 3.81. The molecule has 0 saturated heterocycles. The highest BCUT2D eigenvalue weighted by atomic mass is 16.5. The number of hydrogen-bond donors (Lipinski definition) is 1. The van der Waals surface area contributed by atoms with Crippen LogP contribution in [0.4, 0.5) is 5.95 Å². The van der Waals surface area contributed by atoms with Crippen LogP contribution < -0.4 is 15.2 Å². The highest BCUT2D eigenvalue weighted by Gasteiger charge is 2.15. The van der Waals surface area contributed by atoms with Crippen molar-refractivity contribution in [3.63, 3.8) is 0 Å². The van der Waals surface area contributed by atoms with Gasteiger partial charge in [0, 0.05) is 18.7 Å². The average Bonchev–Trinajstić information content (AvgIpc) is 2.77. The molecule has 0 aliphatic heterocycles. The number of nitrogens with zero attached hydrogens (tertiary/aromatic N) is 2. The van der Waals surface area contributed by atoms with Gasteiger partial charge in [0.25, 0.3) is 0 Å². The van der Waals surface area contributed by atoms with Crippen LogP contribution in [0.25, 0.3) is 11.0 Å². The molecule has 110 valence electrons. The summed E-state index contributed by atoms with van der Waals surface area (Å²) in [5, 5.41) is 0. The molecule has 0 spiro atoms. The molecule has 1 aromatic heterocycles. The Kier molecular flexibility index (Phi) is 4.37. The lowest BCUT2D eigenvalue weighted by molar-refractivity contribution is 0.355. The molecular weight excluding hydrogens is 254 g/mol. The van der Waals surface area contributed by atoms with Crippen molar-refractivity contribution in [2.45, 2.75) is 33.2 Å². The van der Waals surface area contributed by atoms with Crippen molar-refractivity contribution in [1.82, 2.24) is 9.55 Å². The third kappa shape index (κ3) is 2.53. The van der Waals surface area contributed by atoms with Crippen LogP contribution in [0.3, 0.4) is 0 Å². The van der Waals surface area contributed by atoms with E-state index in [4.69, 9.17) is 15.2 Å². The molecule has 0 radical (unpaired) electrons. The van der Waals surface area contributed by atoms with Crippen LogP contribution in [0.2, 0.25) is 0 Å². The summed E-state index contributed by atoms with van der Waals surface area (Å²) >= 11 is 0. The SMILES string of the molecule is CCC(CC)Cn1c(N)nc2cc(OC)c(OC)cc21. The number of benzene rings is 1. The maximum Gasteiger partial charge on any atom is 0.201 e. The molecule has 1 heterocycles. The van der Waals surface area contributed by atoms with Crippen molar-refractivity contribution < 1.29 is 9.47 Å². The van der Waals surface area contributed by atoms with Crippen molar-refractivity contribution in [2.75, 3.05) is 20.0 Å².